The fraction of sp³-hybridized carbons (Fsp3) is 0.500. The molecule has 3 rings (SSSR count). The van der Waals surface area contributed by atoms with Gasteiger partial charge in [-0.15, -0.1) is 0 Å². The zero-order valence-electron chi connectivity index (χ0n) is 11.9. The van der Waals surface area contributed by atoms with Crippen molar-refractivity contribution in [2.24, 2.45) is 5.41 Å². The van der Waals surface area contributed by atoms with Gasteiger partial charge in [0, 0.05) is 11.9 Å². The number of alkyl halides is 1. The Morgan fingerprint density at radius 3 is 2.57 bits per heavy atom. The molecule has 0 bridgehead atoms. The molecule has 0 aromatic heterocycles. The van der Waals surface area contributed by atoms with E-state index in [-0.39, 0.29) is 16.7 Å². The zero-order valence-corrected chi connectivity index (χ0v) is 13.5. The Kier molecular flexibility index (Phi) is 3.64. The number of ketones is 1. The first-order valence-corrected chi connectivity index (χ1v) is 8.32. The molecular formula is C16H17BrFNO2. The highest BCUT2D eigenvalue weighted by molar-refractivity contribution is 9.09. The molecule has 0 atom stereocenters. The second kappa shape index (κ2) is 5.20. The Morgan fingerprint density at radius 1 is 1.29 bits per heavy atom. The maximum absolute atomic E-state index is 14.3. The van der Waals surface area contributed by atoms with Crippen molar-refractivity contribution in [2.45, 2.75) is 32.6 Å². The van der Waals surface area contributed by atoms with Crippen LogP contribution in [0.2, 0.25) is 0 Å². The van der Waals surface area contributed by atoms with E-state index in [9.17, 15) is 14.0 Å². The lowest BCUT2D eigenvalue weighted by Crippen LogP contribution is -2.40. The summed E-state index contributed by atoms with van der Waals surface area (Å²) in [6.45, 7) is 2.14. The zero-order chi connectivity index (χ0) is 15.2. The molecule has 112 valence electrons. The highest BCUT2D eigenvalue weighted by Gasteiger charge is 2.43. The monoisotopic (exact) mass is 353 g/mol. The van der Waals surface area contributed by atoms with Crippen molar-refractivity contribution in [3.8, 4) is 0 Å². The normalized spacial score (nSPS) is 20.2. The summed E-state index contributed by atoms with van der Waals surface area (Å²) in [6.07, 6.45) is 4.23. The van der Waals surface area contributed by atoms with Gasteiger partial charge in [0.05, 0.1) is 11.3 Å². The van der Waals surface area contributed by atoms with Gasteiger partial charge in [0.15, 0.2) is 0 Å². The van der Waals surface area contributed by atoms with Crippen molar-refractivity contribution in [3.05, 3.63) is 29.1 Å². The molecule has 1 aliphatic carbocycles. The molecule has 1 heterocycles. The number of benzene rings is 1. The van der Waals surface area contributed by atoms with Crippen LogP contribution in [-0.2, 0) is 4.79 Å². The number of aryl methyl sites for hydroxylation is 1. The van der Waals surface area contributed by atoms with E-state index in [1.54, 1.807) is 13.0 Å². The van der Waals surface area contributed by atoms with Gasteiger partial charge >= 0.3 is 0 Å². The molecule has 5 heteroatoms. The summed E-state index contributed by atoms with van der Waals surface area (Å²) in [6, 6.07) is 2.99. The molecule has 0 radical (unpaired) electrons. The van der Waals surface area contributed by atoms with E-state index in [0.29, 0.717) is 12.1 Å². The summed E-state index contributed by atoms with van der Waals surface area (Å²) in [4.78, 5) is 25.7. The van der Waals surface area contributed by atoms with Gasteiger partial charge in [-0.25, -0.2) is 4.39 Å². The third-order valence-corrected chi connectivity index (χ3v) is 5.79. The van der Waals surface area contributed by atoms with Crippen LogP contribution in [0.5, 0.6) is 0 Å². The minimum Gasteiger partial charge on any atom is -0.301 e. The summed E-state index contributed by atoms with van der Waals surface area (Å²) < 4.78 is 14.3. The highest BCUT2D eigenvalue weighted by Crippen LogP contribution is 2.43. The number of hydrogen-bond donors (Lipinski definition) is 0. The van der Waals surface area contributed by atoms with E-state index >= 15 is 0 Å². The molecular weight excluding hydrogens is 337 g/mol. The largest absolute Gasteiger partial charge is 0.301 e. The van der Waals surface area contributed by atoms with Crippen LogP contribution < -0.4 is 4.90 Å². The Balaban J connectivity index is 2.01. The average Bonchev–Trinajstić information content (AvgIpc) is 3.00. The van der Waals surface area contributed by atoms with Crippen LogP contribution in [0.3, 0.4) is 0 Å². The van der Waals surface area contributed by atoms with Gasteiger partial charge in [0.25, 0.3) is 11.7 Å². The van der Waals surface area contributed by atoms with Crippen molar-refractivity contribution in [1.82, 2.24) is 0 Å². The number of rotatable bonds is 3. The van der Waals surface area contributed by atoms with Crippen LogP contribution in [-0.4, -0.2) is 23.6 Å². The predicted octanol–water partition coefficient (Wildman–Crippen LogP) is 3.62. The lowest BCUT2D eigenvalue weighted by Gasteiger charge is -2.31. The second-order valence-corrected chi connectivity index (χ2v) is 6.76. The summed E-state index contributed by atoms with van der Waals surface area (Å²) in [7, 11) is 0. The SMILES string of the molecule is Cc1cc(F)c2c(c1)C(=O)C(=O)N2CC1(CBr)CCCC1. The molecule has 3 nitrogen and oxygen atoms in total. The first-order valence-electron chi connectivity index (χ1n) is 7.20. The van der Waals surface area contributed by atoms with Crippen LogP contribution >= 0.6 is 15.9 Å². The number of nitrogens with zero attached hydrogens (tertiary/aromatic N) is 1. The summed E-state index contributed by atoms with van der Waals surface area (Å²) in [5.41, 5.74) is 0.989. The van der Waals surface area contributed by atoms with Crippen LogP contribution in [0.25, 0.3) is 0 Å². The van der Waals surface area contributed by atoms with Crippen LogP contribution in [0, 0.1) is 18.2 Å². The molecule has 1 aromatic rings. The van der Waals surface area contributed by atoms with E-state index in [1.165, 1.54) is 11.0 Å². The quantitative estimate of drug-likeness (QED) is 0.614. The first-order chi connectivity index (χ1) is 9.97. The molecule has 2 aliphatic rings. The molecule has 21 heavy (non-hydrogen) atoms. The lowest BCUT2D eigenvalue weighted by atomic mass is 9.88. The predicted molar refractivity (Wildman–Crippen MR) is 82.5 cm³/mol. The fourth-order valence-corrected chi connectivity index (χ4v) is 4.20. The number of anilines is 1. The maximum atomic E-state index is 14.3. The fourth-order valence-electron chi connectivity index (χ4n) is 3.47. The van der Waals surface area contributed by atoms with Gasteiger partial charge in [-0.05, 0) is 42.9 Å². The minimum absolute atomic E-state index is 0.0467. The standard InChI is InChI=1S/C16H17BrFNO2/c1-10-6-11-13(12(18)7-10)19(15(21)14(11)20)9-16(8-17)4-2-3-5-16/h6-7H,2-5,8-9H2,1H3. The number of Topliss-reactive ketones (excluding diaryl/α,β-unsaturated/α-hetero) is 1. The van der Waals surface area contributed by atoms with Gasteiger partial charge in [0.2, 0.25) is 0 Å². The number of halogens is 2. The van der Waals surface area contributed by atoms with E-state index in [1.807, 2.05) is 0 Å². The topological polar surface area (TPSA) is 37.4 Å². The van der Waals surface area contributed by atoms with Gasteiger partial charge < -0.3 is 4.90 Å². The Morgan fingerprint density at radius 2 is 1.95 bits per heavy atom. The third-order valence-electron chi connectivity index (χ3n) is 4.60. The highest BCUT2D eigenvalue weighted by atomic mass is 79.9. The molecule has 0 saturated heterocycles. The van der Waals surface area contributed by atoms with Crippen molar-refractivity contribution >= 4 is 33.3 Å². The van der Waals surface area contributed by atoms with E-state index in [2.05, 4.69) is 15.9 Å². The Labute approximate surface area is 131 Å². The second-order valence-electron chi connectivity index (χ2n) is 6.20. The maximum Gasteiger partial charge on any atom is 0.299 e. The van der Waals surface area contributed by atoms with E-state index in [0.717, 1.165) is 31.0 Å². The molecule has 1 saturated carbocycles. The molecule has 1 amide bonds. The Hall–Kier alpha value is -1.23. The molecule has 0 unspecified atom stereocenters. The molecule has 1 fully saturated rings. The number of hydrogen-bond acceptors (Lipinski definition) is 2. The van der Waals surface area contributed by atoms with Crippen molar-refractivity contribution in [3.63, 3.8) is 0 Å². The first kappa shape index (κ1) is 14.7. The van der Waals surface area contributed by atoms with Gasteiger partial charge in [-0.3, -0.25) is 9.59 Å². The van der Waals surface area contributed by atoms with Crippen molar-refractivity contribution in [1.29, 1.82) is 0 Å². The number of fused-ring (bicyclic) bond motifs is 1. The summed E-state index contributed by atoms with van der Waals surface area (Å²) in [5.74, 6) is -1.66. The van der Waals surface area contributed by atoms with E-state index in [4.69, 9.17) is 0 Å². The average molecular weight is 354 g/mol. The van der Waals surface area contributed by atoms with Crippen LogP contribution in [0.15, 0.2) is 12.1 Å². The third kappa shape index (κ3) is 2.31. The number of amides is 1. The number of carbonyl (C=O) groups excluding carboxylic acids is 2. The van der Waals surface area contributed by atoms with E-state index < -0.39 is 17.5 Å². The Bertz CT molecular complexity index is 623. The molecule has 0 N–H and O–H groups in total. The summed E-state index contributed by atoms with van der Waals surface area (Å²) in [5, 5.41) is 0.765. The molecule has 1 aromatic carbocycles. The molecule has 1 aliphatic heterocycles. The van der Waals surface area contributed by atoms with Gasteiger partial charge in [-0.2, -0.15) is 0 Å². The van der Waals surface area contributed by atoms with Gasteiger partial charge in [-0.1, -0.05) is 28.8 Å². The number of carbonyl (C=O) groups is 2. The van der Waals surface area contributed by atoms with Crippen molar-refractivity contribution in [2.75, 3.05) is 16.8 Å². The van der Waals surface area contributed by atoms with Crippen LogP contribution in [0.1, 0.15) is 41.6 Å². The van der Waals surface area contributed by atoms with Gasteiger partial charge in [0.1, 0.15) is 5.82 Å². The summed E-state index contributed by atoms with van der Waals surface area (Å²) >= 11 is 3.53. The smallest absolute Gasteiger partial charge is 0.299 e. The van der Waals surface area contributed by atoms with Crippen molar-refractivity contribution < 1.29 is 14.0 Å². The lowest BCUT2D eigenvalue weighted by molar-refractivity contribution is -0.114. The van der Waals surface area contributed by atoms with Crippen LogP contribution in [0.4, 0.5) is 10.1 Å². The molecule has 0 spiro atoms. The minimum atomic E-state index is -0.596.